The van der Waals surface area contributed by atoms with Crippen molar-refractivity contribution in [2.45, 2.75) is 32.7 Å². The van der Waals surface area contributed by atoms with E-state index < -0.39 is 0 Å². The highest BCUT2D eigenvalue weighted by Gasteiger charge is 2.15. The number of tetrazole rings is 1. The number of nitrogens with zero attached hydrogens (tertiary/aromatic N) is 5. The van der Waals surface area contributed by atoms with Crippen LogP contribution in [0.1, 0.15) is 41.5 Å². The molecule has 176 valence electrons. The summed E-state index contributed by atoms with van der Waals surface area (Å²) in [5.41, 5.74) is 6.53. The number of aromatic amines is 1. The van der Waals surface area contributed by atoms with Crippen LogP contribution in [-0.2, 0) is 17.7 Å². The van der Waals surface area contributed by atoms with Crippen molar-refractivity contribution in [3.05, 3.63) is 83.7 Å². The fraction of sp³-hybridized carbons (Fsp3) is 0.222. The number of ether oxygens (including phenoxy) is 1. The second-order valence-electron chi connectivity index (χ2n) is 8.39. The van der Waals surface area contributed by atoms with Gasteiger partial charge in [0.15, 0.2) is 0 Å². The molecule has 0 bridgehead atoms. The lowest BCUT2D eigenvalue weighted by atomic mass is 9.98. The lowest BCUT2D eigenvalue weighted by molar-refractivity contribution is 0.0601. The Morgan fingerprint density at radius 1 is 1.03 bits per heavy atom. The fourth-order valence-corrected chi connectivity index (χ4v) is 4.30. The first-order valence-corrected chi connectivity index (χ1v) is 11.7. The highest BCUT2D eigenvalue weighted by atomic mass is 16.5. The number of nitrogens with one attached hydrogen (secondary N) is 1. The van der Waals surface area contributed by atoms with Crippen LogP contribution in [0.15, 0.2) is 66.7 Å². The molecule has 0 radical (unpaired) electrons. The molecular weight excluding hydrogens is 440 g/mol. The van der Waals surface area contributed by atoms with Crippen LogP contribution >= 0.6 is 0 Å². The van der Waals surface area contributed by atoms with Crippen LogP contribution in [0.2, 0.25) is 0 Å². The van der Waals surface area contributed by atoms with Crippen LogP contribution in [0.25, 0.3) is 33.5 Å². The first-order chi connectivity index (χ1) is 17.2. The first-order valence-electron chi connectivity index (χ1n) is 11.7. The van der Waals surface area contributed by atoms with Gasteiger partial charge in [-0.1, -0.05) is 61.9 Å². The second kappa shape index (κ2) is 9.89. The van der Waals surface area contributed by atoms with Gasteiger partial charge in [-0.05, 0) is 46.5 Å². The van der Waals surface area contributed by atoms with Crippen molar-refractivity contribution in [2.75, 3.05) is 7.11 Å². The summed E-state index contributed by atoms with van der Waals surface area (Å²) in [7, 11) is 1.40. The van der Waals surface area contributed by atoms with Gasteiger partial charge in [-0.15, -0.1) is 10.2 Å². The summed E-state index contributed by atoms with van der Waals surface area (Å²) < 4.78 is 7.13. The molecule has 0 atom stereocenters. The van der Waals surface area contributed by atoms with E-state index in [0.29, 0.717) is 17.9 Å². The number of H-pyrrole nitrogens is 1. The van der Waals surface area contributed by atoms with Gasteiger partial charge in [0.1, 0.15) is 5.82 Å². The average molecular weight is 467 g/mol. The third-order valence-electron chi connectivity index (χ3n) is 6.12. The molecule has 0 fully saturated rings. The Labute approximate surface area is 203 Å². The fourth-order valence-electron chi connectivity index (χ4n) is 4.30. The number of hydrogen-bond donors (Lipinski definition) is 1. The third kappa shape index (κ3) is 4.55. The molecule has 5 aromatic rings. The van der Waals surface area contributed by atoms with E-state index in [2.05, 4.69) is 62.4 Å². The third-order valence-corrected chi connectivity index (χ3v) is 6.12. The molecule has 0 saturated carbocycles. The smallest absolute Gasteiger partial charge is 0.337 e. The maximum Gasteiger partial charge on any atom is 0.337 e. The molecule has 0 aliphatic heterocycles. The van der Waals surface area contributed by atoms with Crippen LogP contribution in [0, 0.1) is 0 Å². The number of esters is 1. The standard InChI is InChI=1S/C27H26N6O2/c1-3-4-9-25-28-23-15-14-20(27(34)35-2)16-24(23)33(25)17-18-10-12-19(13-11-18)21-7-5-6-8-22(21)26-29-31-32-30-26/h5-8,10-16H,3-4,9,17H2,1-2H3,(H,29,30,31,32). The van der Waals surface area contributed by atoms with Crippen molar-refractivity contribution in [3.63, 3.8) is 0 Å². The molecule has 2 heterocycles. The summed E-state index contributed by atoms with van der Waals surface area (Å²) in [6.07, 6.45) is 3.03. The van der Waals surface area contributed by atoms with Crippen molar-refractivity contribution >= 4 is 17.0 Å². The van der Waals surface area contributed by atoms with Gasteiger partial charge in [0.2, 0.25) is 5.82 Å². The lowest BCUT2D eigenvalue weighted by Gasteiger charge is -2.12. The van der Waals surface area contributed by atoms with Crippen molar-refractivity contribution in [1.29, 1.82) is 0 Å². The number of aryl methyl sites for hydroxylation is 1. The molecule has 0 aliphatic carbocycles. The number of unbranched alkanes of at least 4 members (excludes halogenated alkanes) is 1. The molecule has 8 nitrogen and oxygen atoms in total. The van der Waals surface area contributed by atoms with Crippen LogP contribution in [-0.4, -0.2) is 43.3 Å². The number of benzene rings is 3. The molecule has 35 heavy (non-hydrogen) atoms. The Morgan fingerprint density at radius 3 is 2.54 bits per heavy atom. The van der Waals surface area contributed by atoms with Crippen molar-refractivity contribution in [3.8, 4) is 22.5 Å². The van der Waals surface area contributed by atoms with Gasteiger partial charge in [-0.25, -0.2) is 9.78 Å². The largest absolute Gasteiger partial charge is 0.465 e. The molecule has 0 spiro atoms. The van der Waals surface area contributed by atoms with E-state index in [4.69, 9.17) is 9.72 Å². The van der Waals surface area contributed by atoms with Gasteiger partial charge in [0.25, 0.3) is 0 Å². The molecule has 0 amide bonds. The minimum atomic E-state index is -0.348. The predicted molar refractivity (Wildman–Crippen MR) is 134 cm³/mol. The monoisotopic (exact) mass is 466 g/mol. The quantitative estimate of drug-likeness (QED) is 0.321. The highest BCUT2D eigenvalue weighted by molar-refractivity contribution is 5.93. The Bertz CT molecular complexity index is 1460. The van der Waals surface area contributed by atoms with E-state index in [0.717, 1.165) is 58.4 Å². The molecule has 0 aliphatic rings. The van der Waals surface area contributed by atoms with E-state index in [1.807, 2.05) is 30.3 Å². The lowest BCUT2D eigenvalue weighted by Crippen LogP contribution is -2.06. The molecule has 8 heteroatoms. The number of imidazole rings is 1. The maximum atomic E-state index is 12.1. The minimum absolute atomic E-state index is 0.348. The number of rotatable bonds is 8. The maximum absolute atomic E-state index is 12.1. The summed E-state index contributed by atoms with van der Waals surface area (Å²) in [4.78, 5) is 17.0. The van der Waals surface area contributed by atoms with Crippen LogP contribution in [0.5, 0.6) is 0 Å². The summed E-state index contributed by atoms with van der Waals surface area (Å²) in [5.74, 6) is 1.24. The highest BCUT2D eigenvalue weighted by Crippen LogP contribution is 2.30. The van der Waals surface area contributed by atoms with Gasteiger partial charge in [-0.3, -0.25) is 0 Å². The van der Waals surface area contributed by atoms with Crippen LogP contribution in [0.3, 0.4) is 0 Å². The number of carbonyl (C=O) groups excluding carboxylic acids is 1. The Kier molecular flexibility index (Phi) is 6.34. The Balaban J connectivity index is 1.49. The van der Waals surface area contributed by atoms with E-state index >= 15 is 0 Å². The van der Waals surface area contributed by atoms with Gasteiger partial charge < -0.3 is 9.30 Å². The molecule has 1 N–H and O–H groups in total. The normalized spacial score (nSPS) is 11.1. The number of carbonyl (C=O) groups is 1. The predicted octanol–water partition coefficient (Wildman–Crippen LogP) is 5.06. The average Bonchev–Trinajstić information content (AvgIpc) is 3.56. The molecule has 2 aromatic heterocycles. The summed E-state index contributed by atoms with van der Waals surface area (Å²) in [5, 5.41) is 14.5. The molecule has 0 unspecified atom stereocenters. The van der Waals surface area contributed by atoms with Gasteiger partial charge >= 0.3 is 5.97 Å². The number of methoxy groups -OCH3 is 1. The van der Waals surface area contributed by atoms with E-state index in [1.165, 1.54) is 7.11 Å². The topological polar surface area (TPSA) is 98.6 Å². The van der Waals surface area contributed by atoms with Crippen LogP contribution in [0.4, 0.5) is 0 Å². The van der Waals surface area contributed by atoms with Crippen molar-refractivity contribution in [2.24, 2.45) is 0 Å². The number of hydrogen-bond acceptors (Lipinski definition) is 6. The Morgan fingerprint density at radius 2 is 1.83 bits per heavy atom. The van der Waals surface area contributed by atoms with Gasteiger partial charge in [0, 0.05) is 18.5 Å². The number of fused-ring (bicyclic) bond motifs is 1. The second-order valence-corrected chi connectivity index (χ2v) is 8.39. The Hall–Kier alpha value is -4.33. The minimum Gasteiger partial charge on any atom is -0.465 e. The van der Waals surface area contributed by atoms with Crippen molar-refractivity contribution in [1.82, 2.24) is 30.2 Å². The van der Waals surface area contributed by atoms with E-state index in [-0.39, 0.29) is 5.97 Å². The van der Waals surface area contributed by atoms with E-state index in [9.17, 15) is 4.79 Å². The summed E-state index contributed by atoms with van der Waals surface area (Å²) in [6.45, 7) is 2.83. The zero-order valence-corrected chi connectivity index (χ0v) is 19.7. The van der Waals surface area contributed by atoms with Crippen LogP contribution < -0.4 is 0 Å². The molecule has 0 saturated heterocycles. The van der Waals surface area contributed by atoms with Crippen molar-refractivity contribution < 1.29 is 9.53 Å². The number of aromatic nitrogens is 6. The molecular formula is C27H26N6O2. The zero-order valence-electron chi connectivity index (χ0n) is 19.7. The van der Waals surface area contributed by atoms with Gasteiger partial charge in [0.05, 0.1) is 23.7 Å². The molecule has 5 rings (SSSR count). The zero-order chi connectivity index (χ0) is 24.2. The summed E-state index contributed by atoms with van der Waals surface area (Å²) in [6, 6.07) is 22.0. The van der Waals surface area contributed by atoms with Gasteiger partial charge in [-0.2, -0.15) is 5.21 Å². The SMILES string of the molecule is CCCCc1nc2ccc(C(=O)OC)cc2n1Cc1ccc(-c2ccccc2-c2nn[nH]n2)cc1. The van der Waals surface area contributed by atoms with E-state index in [1.54, 1.807) is 6.07 Å². The summed E-state index contributed by atoms with van der Waals surface area (Å²) >= 11 is 0. The molecule has 3 aromatic carbocycles. The first kappa shape index (κ1) is 22.5.